The number of non-ortho nitro benzene ring substituents is 1. The Labute approximate surface area is 122 Å². The van der Waals surface area contributed by atoms with E-state index < -0.39 is 4.92 Å². The van der Waals surface area contributed by atoms with Gasteiger partial charge in [-0.1, -0.05) is 42.5 Å². The highest BCUT2D eigenvalue weighted by atomic mass is 16.6. The third-order valence-corrected chi connectivity index (χ3v) is 2.82. The highest BCUT2D eigenvalue weighted by Crippen LogP contribution is 2.13. The van der Waals surface area contributed by atoms with Crippen LogP contribution in [0.1, 0.15) is 11.1 Å². The number of carbonyl (C=O) groups excluding carboxylic acids is 1. The Balaban J connectivity index is 1.93. The molecule has 0 heterocycles. The van der Waals surface area contributed by atoms with Crippen molar-refractivity contribution in [1.82, 2.24) is 5.32 Å². The van der Waals surface area contributed by atoms with Crippen LogP contribution in [-0.4, -0.2) is 10.8 Å². The maximum atomic E-state index is 11.7. The molecule has 0 aliphatic carbocycles. The number of nitrogens with zero attached hydrogens (tertiary/aromatic N) is 1. The summed E-state index contributed by atoms with van der Waals surface area (Å²) in [5.41, 5.74) is 1.62. The molecule has 21 heavy (non-hydrogen) atoms. The van der Waals surface area contributed by atoms with E-state index in [9.17, 15) is 14.9 Å². The molecule has 5 heteroatoms. The van der Waals surface area contributed by atoms with Gasteiger partial charge in [0.25, 0.3) is 5.69 Å². The molecule has 1 N–H and O–H groups in total. The maximum absolute atomic E-state index is 11.7. The number of hydrogen-bond donors (Lipinski definition) is 1. The first-order valence-electron chi connectivity index (χ1n) is 6.39. The number of benzene rings is 2. The second-order valence-corrected chi connectivity index (χ2v) is 4.39. The van der Waals surface area contributed by atoms with E-state index in [1.165, 1.54) is 18.2 Å². The average molecular weight is 282 g/mol. The quantitative estimate of drug-likeness (QED) is 0.520. The van der Waals surface area contributed by atoms with E-state index in [-0.39, 0.29) is 11.6 Å². The largest absolute Gasteiger partial charge is 0.348 e. The van der Waals surface area contributed by atoms with Gasteiger partial charge >= 0.3 is 0 Å². The number of rotatable bonds is 5. The van der Waals surface area contributed by atoms with Gasteiger partial charge < -0.3 is 5.32 Å². The summed E-state index contributed by atoms with van der Waals surface area (Å²) in [5, 5.41) is 13.4. The summed E-state index contributed by atoms with van der Waals surface area (Å²) in [6.07, 6.45) is 2.91. The van der Waals surface area contributed by atoms with Crippen molar-refractivity contribution in [2.75, 3.05) is 0 Å². The van der Waals surface area contributed by atoms with Gasteiger partial charge in [-0.05, 0) is 17.2 Å². The molecule has 5 nitrogen and oxygen atoms in total. The molecule has 0 saturated heterocycles. The Bertz CT molecular complexity index is 666. The van der Waals surface area contributed by atoms with Crippen LogP contribution in [0.2, 0.25) is 0 Å². The fourth-order valence-corrected chi connectivity index (χ4v) is 1.76. The number of nitro groups is 1. The Hall–Kier alpha value is -2.95. The molecule has 0 bridgehead atoms. The van der Waals surface area contributed by atoms with Gasteiger partial charge in [0.1, 0.15) is 0 Å². The van der Waals surface area contributed by atoms with Crippen molar-refractivity contribution in [1.29, 1.82) is 0 Å². The molecule has 1 amide bonds. The number of nitro benzene ring substituents is 1. The van der Waals surface area contributed by atoms with Crippen LogP contribution in [0.4, 0.5) is 5.69 Å². The summed E-state index contributed by atoms with van der Waals surface area (Å²) in [6.45, 7) is 0.443. The molecule has 0 aliphatic rings. The zero-order valence-electron chi connectivity index (χ0n) is 11.2. The molecule has 0 aliphatic heterocycles. The third kappa shape index (κ3) is 4.58. The second kappa shape index (κ2) is 7.00. The van der Waals surface area contributed by atoms with Crippen molar-refractivity contribution >= 4 is 17.7 Å². The van der Waals surface area contributed by atoms with Crippen LogP contribution in [0.15, 0.2) is 60.7 Å². The number of carbonyl (C=O) groups is 1. The van der Waals surface area contributed by atoms with E-state index in [0.29, 0.717) is 12.1 Å². The molecule has 0 aromatic heterocycles. The van der Waals surface area contributed by atoms with Crippen LogP contribution in [0.25, 0.3) is 6.08 Å². The molecule has 2 rings (SSSR count). The van der Waals surface area contributed by atoms with E-state index >= 15 is 0 Å². The lowest BCUT2D eigenvalue weighted by atomic mass is 10.2. The summed E-state index contributed by atoms with van der Waals surface area (Å²) in [6, 6.07) is 15.7. The van der Waals surface area contributed by atoms with Gasteiger partial charge in [-0.2, -0.15) is 0 Å². The van der Waals surface area contributed by atoms with Crippen molar-refractivity contribution in [2.24, 2.45) is 0 Å². The predicted molar refractivity (Wildman–Crippen MR) is 80.4 cm³/mol. The minimum absolute atomic E-state index is 0.00171. The van der Waals surface area contributed by atoms with Crippen LogP contribution >= 0.6 is 0 Å². The van der Waals surface area contributed by atoms with Crippen LogP contribution in [-0.2, 0) is 11.3 Å². The fraction of sp³-hybridized carbons (Fsp3) is 0.0625. The van der Waals surface area contributed by atoms with Crippen molar-refractivity contribution < 1.29 is 9.72 Å². The van der Waals surface area contributed by atoms with Gasteiger partial charge in [-0.3, -0.25) is 14.9 Å². The Kier molecular flexibility index (Phi) is 4.82. The van der Waals surface area contributed by atoms with E-state index in [0.717, 1.165) is 5.56 Å². The molecule has 2 aromatic carbocycles. The van der Waals surface area contributed by atoms with Gasteiger partial charge in [0, 0.05) is 24.8 Å². The van der Waals surface area contributed by atoms with Crippen LogP contribution in [0.5, 0.6) is 0 Å². The van der Waals surface area contributed by atoms with Crippen LogP contribution in [0, 0.1) is 10.1 Å². The number of nitrogens with one attached hydrogen (secondary N) is 1. The van der Waals surface area contributed by atoms with Crippen molar-refractivity contribution in [3.8, 4) is 0 Å². The maximum Gasteiger partial charge on any atom is 0.270 e. The van der Waals surface area contributed by atoms with Crippen LogP contribution < -0.4 is 5.32 Å². The fourth-order valence-electron chi connectivity index (χ4n) is 1.76. The summed E-state index contributed by atoms with van der Waals surface area (Å²) in [4.78, 5) is 21.9. The molecular weight excluding hydrogens is 268 g/mol. The van der Waals surface area contributed by atoms with Crippen molar-refractivity contribution in [3.05, 3.63) is 81.9 Å². The van der Waals surface area contributed by atoms with E-state index in [2.05, 4.69) is 5.32 Å². The van der Waals surface area contributed by atoms with E-state index in [1.54, 1.807) is 18.2 Å². The van der Waals surface area contributed by atoms with Crippen LogP contribution in [0.3, 0.4) is 0 Å². The Morgan fingerprint density at radius 3 is 2.62 bits per heavy atom. The van der Waals surface area contributed by atoms with E-state index in [4.69, 9.17) is 0 Å². The lowest BCUT2D eigenvalue weighted by Crippen LogP contribution is -2.20. The second-order valence-electron chi connectivity index (χ2n) is 4.39. The molecule has 0 atom stereocenters. The van der Waals surface area contributed by atoms with Gasteiger partial charge in [-0.25, -0.2) is 0 Å². The summed E-state index contributed by atoms with van der Waals surface area (Å²) >= 11 is 0. The summed E-state index contributed by atoms with van der Waals surface area (Å²) in [7, 11) is 0. The standard InChI is InChI=1S/C16H14N2O3/c19-16(17-12-14-5-2-1-3-6-14)10-9-13-7-4-8-15(11-13)18(20)21/h1-11H,12H2,(H,17,19)/b10-9-. The summed E-state index contributed by atoms with van der Waals surface area (Å²) < 4.78 is 0. The molecule has 2 aromatic rings. The normalized spacial score (nSPS) is 10.5. The topological polar surface area (TPSA) is 72.2 Å². The number of hydrogen-bond acceptors (Lipinski definition) is 3. The Morgan fingerprint density at radius 1 is 1.14 bits per heavy atom. The molecule has 0 fully saturated rings. The molecule has 0 radical (unpaired) electrons. The first kappa shape index (κ1) is 14.5. The highest BCUT2D eigenvalue weighted by Gasteiger charge is 2.04. The highest BCUT2D eigenvalue weighted by molar-refractivity contribution is 5.91. The predicted octanol–water partition coefficient (Wildman–Crippen LogP) is 2.92. The first-order valence-corrected chi connectivity index (χ1v) is 6.39. The van der Waals surface area contributed by atoms with Gasteiger partial charge in [0.2, 0.25) is 5.91 Å². The zero-order chi connectivity index (χ0) is 15.1. The zero-order valence-corrected chi connectivity index (χ0v) is 11.2. The lowest BCUT2D eigenvalue weighted by molar-refractivity contribution is -0.384. The average Bonchev–Trinajstić information content (AvgIpc) is 2.52. The number of amides is 1. The van der Waals surface area contributed by atoms with Gasteiger partial charge in [0.15, 0.2) is 0 Å². The summed E-state index contributed by atoms with van der Waals surface area (Å²) in [5.74, 6) is -0.245. The minimum atomic E-state index is -0.465. The SMILES string of the molecule is O=C(/C=C\c1cccc([N+](=O)[O-])c1)NCc1ccccc1. The third-order valence-electron chi connectivity index (χ3n) is 2.82. The van der Waals surface area contributed by atoms with E-state index in [1.807, 2.05) is 30.3 Å². The lowest BCUT2D eigenvalue weighted by Gasteiger charge is -2.01. The molecule has 0 unspecified atom stereocenters. The minimum Gasteiger partial charge on any atom is -0.348 e. The van der Waals surface area contributed by atoms with Gasteiger partial charge in [-0.15, -0.1) is 0 Å². The Morgan fingerprint density at radius 2 is 1.90 bits per heavy atom. The molecule has 0 spiro atoms. The monoisotopic (exact) mass is 282 g/mol. The molecular formula is C16H14N2O3. The first-order chi connectivity index (χ1) is 10.1. The molecule has 0 saturated carbocycles. The van der Waals surface area contributed by atoms with Crippen molar-refractivity contribution in [3.63, 3.8) is 0 Å². The molecule has 106 valence electrons. The smallest absolute Gasteiger partial charge is 0.270 e. The van der Waals surface area contributed by atoms with Gasteiger partial charge in [0.05, 0.1) is 4.92 Å². The van der Waals surface area contributed by atoms with Crippen molar-refractivity contribution in [2.45, 2.75) is 6.54 Å².